The summed E-state index contributed by atoms with van der Waals surface area (Å²) in [5.41, 5.74) is 1.35. The van der Waals surface area contributed by atoms with Gasteiger partial charge in [-0.3, -0.25) is 4.79 Å². The SMILES string of the molecule is CCCCCC=CCC=CCC=CCCCCC(=O)OCC=C(C)CCCC(C)CCCC(C)CCCC(C)C. The Morgan fingerprint density at radius 3 is 1.73 bits per heavy atom. The normalized spacial score (nSPS) is 14.2. The molecule has 0 aromatic rings. The second-order valence-corrected chi connectivity index (χ2v) is 12.7. The average Bonchev–Trinajstić information content (AvgIpc) is 2.90. The van der Waals surface area contributed by atoms with Gasteiger partial charge in [0.05, 0.1) is 0 Å². The molecule has 2 nitrogen and oxygen atoms in total. The Morgan fingerprint density at radius 1 is 0.625 bits per heavy atom. The third-order valence-corrected chi connectivity index (χ3v) is 7.84. The van der Waals surface area contributed by atoms with Crippen molar-refractivity contribution in [3.05, 3.63) is 48.1 Å². The molecule has 0 aromatic carbocycles. The van der Waals surface area contributed by atoms with Crippen LogP contribution in [0.2, 0.25) is 0 Å². The van der Waals surface area contributed by atoms with Crippen LogP contribution in [0.4, 0.5) is 0 Å². The first-order valence-electron chi connectivity index (χ1n) is 17.1. The standard InChI is InChI=1S/C38H68O2/c1-7-8-9-10-11-12-13-14-15-16-17-18-19-20-21-31-38(39)40-33-32-37(6)30-24-29-36(5)28-23-27-35(4)26-22-25-34(2)3/h11-12,14-15,17-18,32,34-36H,7-10,13,16,19-31,33H2,1-6H3. The van der Waals surface area contributed by atoms with Crippen LogP contribution in [0.25, 0.3) is 0 Å². The lowest BCUT2D eigenvalue weighted by Gasteiger charge is -2.15. The smallest absolute Gasteiger partial charge is 0.306 e. The molecule has 2 atom stereocenters. The van der Waals surface area contributed by atoms with Crippen LogP contribution in [0.5, 0.6) is 0 Å². The summed E-state index contributed by atoms with van der Waals surface area (Å²) in [6, 6.07) is 0. The number of unbranched alkanes of at least 4 members (excludes halogenated alkanes) is 5. The number of hydrogen-bond acceptors (Lipinski definition) is 2. The molecule has 0 N–H and O–H groups in total. The summed E-state index contributed by atoms with van der Waals surface area (Å²) >= 11 is 0. The number of rotatable bonds is 27. The van der Waals surface area contributed by atoms with E-state index in [9.17, 15) is 4.79 Å². The summed E-state index contributed by atoms with van der Waals surface area (Å²) in [5.74, 6) is 2.47. The summed E-state index contributed by atoms with van der Waals surface area (Å²) in [5, 5.41) is 0. The zero-order valence-corrected chi connectivity index (χ0v) is 27.7. The fourth-order valence-electron chi connectivity index (χ4n) is 4.98. The van der Waals surface area contributed by atoms with Gasteiger partial charge >= 0.3 is 5.97 Å². The van der Waals surface area contributed by atoms with Gasteiger partial charge in [0.1, 0.15) is 6.61 Å². The number of allylic oxidation sites excluding steroid dienone is 7. The second kappa shape index (κ2) is 28.9. The fraction of sp³-hybridized carbons (Fsp3) is 0.763. The maximum atomic E-state index is 12.0. The molecule has 0 bridgehead atoms. The average molecular weight is 557 g/mol. The zero-order valence-electron chi connectivity index (χ0n) is 27.7. The fourth-order valence-corrected chi connectivity index (χ4v) is 4.98. The van der Waals surface area contributed by atoms with Gasteiger partial charge < -0.3 is 4.74 Å². The van der Waals surface area contributed by atoms with Crippen molar-refractivity contribution in [2.45, 2.75) is 164 Å². The molecular formula is C38H68O2. The molecule has 0 fully saturated rings. The number of esters is 1. The molecule has 2 unspecified atom stereocenters. The summed E-state index contributed by atoms with van der Waals surface area (Å²) in [4.78, 5) is 12.0. The van der Waals surface area contributed by atoms with Crippen LogP contribution in [0.3, 0.4) is 0 Å². The number of ether oxygens (including phenoxy) is 1. The van der Waals surface area contributed by atoms with E-state index < -0.39 is 0 Å². The summed E-state index contributed by atoms with van der Waals surface area (Å²) in [7, 11) is 0. The number of hydrogen-bond donors (Lipinski definition) is 0. The monoisotopic (exact) mass is 557 g/mol. The molecule has 0 aromatic heterocycles. The largest absolute Gasteiger partial charge is 0.461 e. The second-order valence-electron chi connectivity index (χ2n) is 12.7. The van der Waals surface area contributed by atoms with Gasteiger partial charge in [-0.1, -0.05) is 134 Å². The molecule has 0 spiro atoms. The van der Waals surface area contributed by atoms with Crippen LogP contribution in [-0.4, -0.2) is 12.6 Å². The molecule has 232 valence electrons. The Bertz CT molecular complexity index is 682. The molecule has 0 saturated carbocycles. The van der Waals surface area contributed by atoms with E-state index in [2.05, 4.69) is 84.1 Å². The lowest BCUT2D eigenvalue weighted by atomic mass is 9.91. The number of carbonyl (C=O) groups is 1. The molecule has 0 aliphatic rings. The van der Waals surface area contributed by atoms with Crippen LogP contribution >= 0.6 is 0 Å². The zero-order chi connectivity index (χ0) is 29.7. The minimum atomic E-state index is -0.0641. The van der Waals surface area contributed by atoms with Gasteiger partial charge in [-0.25, -0.2) is 0 Å². The van der Waals surface area contributed by atoms with Crippen molar-refractivity contribution in [2.75, 3.05) is 6.61 Å². The van der Waals surface area contributed by atoms with E-state index in [1.54, 1.807) is 0 Å². The summed E-state index contributed by atoms with van der Waals surface area (Å²) < 4.78 is 5.43. The molecule has 0 radical (unpaired) electrons. The van der Waals surface area contributed by atoms with Crippen molar-refractivity contribution < 1.29 is 9.53 Å². The van der Waals surface area contributed by atoms with Crippen molar-refractivity contribution in [1.82, 2.24) is 0 Å². The molecule has 0 amide bonds. The van der Waals surface area contributed by atoms with Crippen LogP contribution in [0.1, 0.15) is 164 Å². The van der Waals surface area contributed by atoms with E-state index in [0.717, 1.165) is 56.3 Å². The molecule has 0 aliphatic heterocycles. The predicted molar refractivity (Wildman–Crippen MR) is 179 cm³/mol. The lowest BCUT2D eigenvalue weighted by molar-refractivity contribution is -0.142. The van der Waals surface area contributed by atoms with Crippen LogP contribution in [0, 0.1) is 17.8 Å². The minimum absolute atomic E-state index is 0.0641. The molecule has 0 rings (SSSR count). The molecule has 0 aliphatic carbocycles. The molecular weight excluding hydrogens is 488 g/mol. The topological polar surface area (TPSA) is 26.3 Å². The summed E-state index contributed by atoms with van der Waals surface area (Å²) in [6.45, 7) is 14.3. The maximum absolute atomic E-state index is 12.0. The molecule has 2 heteroatoms. The highest BCUT2D eigenvalue weighted by molar-refractivity contribution is 5.69. The van der Waals surface area contributed by atoms with E-state index >= 15 is 0 Å². The van der Waals surface area contributed by atoms with Gasteiger partial charge in [0.15, 0.2) is 0 Å². The predicted octanol–water partition coefficient (Wildman–Crippen LogP) is 12.5. The Balaban J connectivity index is 3.68. The van der Waals surface area contributed by atoms with Crippen molar-refractivity contribution in [1.29, 1.82) is 0 Å². The van der Waals surface area contributed by atoms with Gasteiger partial charge in [0.2, 0.25) is 0 Å². The Hall–Kier alpha value is -1.57. The minimum Gasteiger partial charge on any atom is -0.461 e. The van der Waals surface area contributed by atoms with Gasteiger partial charge in [0.25, 0.3) is 0 Å². The van der Waals surface area contributed by atoms with Crippen LogP contribution in [0.15, 0.2) is 48.1 Å². The number of carbonyl (C=O) groups excluding carboxylic acids is 1. The van der Waals surface area contributed by atoms with Crippen LogP contribution in [-0.2, 0) is 9.53 Å². The van der Waals surface area contributed by atoms with Crippen molar-refractivity contribution in [2.24, 2.45) is 17.8 Å². The van der Waals surface area contributed by atoms with Crippen molar-refractivity contribution in [3.63, 3.8) is 0 Å². The first-order chi connectivity index (χ1) is 19.3. The van der Waals surface area contributed by atoms with E-state index in [4.69, 9.17) is 4.74 Å². The maximum Gasteiger partial charge on any atom is 0.306 e. The van der Waals surface area contributed by atoms with E-state index in [-0.39, 0.29) is 5.97 Å². The van der Waals surface area contributed by atoms with Crippen molar-refractivity contribution >= 4 is 5.97 Å². The van der Waals surface area contributed by atoms with Gasteiger partial charge in [0, 0.05) is 6.42 Å². The quantitative estimate of drug-likeness (QED) is 0.0571. The Morgan fingerprint density at radius 2 is 1.15 bits per heavy atom. The van der Waals surface area contributed by atoms with Gasteiger partial charge in [-0.15, -0.1) is 0 Å². The highest BCUT2D eigenvalue weighted by atomic mass is 16.5. The van der Waals surface area contributed by atoms with Crippen molar-refractivity contribution in [3.8, 4) is 0 Å². The van der Waals surface area contributed by atoms with E-state index in [0.29, 0.717) is 13.0 Å². The van der Waals surface area contributed by atoms with E-state index in [1.807, 2.05) is 0 Å². The third-order valence-electron chi connectivity index (χ3n) is 7.84. The molecule has 40 heavy (non-hydrogen) atoms. The third kappa shape index (κ3) is 29.4. The van der Waals surface area contributed by atoms with E-state index in [1.165, 1.54) is 82.6 Å². The Kier molecular flexibility index (Phi) is 27.8. The summed E-state index contributed by atoms with van der Waals surface area (Å²) in [6.07, 6.45) is 38.2. The highest BCUT2D eigenvalue weighted by Gasteiger charge is 2.07. The molecule has 0 heterocycles. The Labute approximate surface area is 251 Å². The van der Waals surface area contributed by atoms with Crippen LogP contribution < -0.4 is 0 Å². The van der Waals surface area contributed by atoms with Gasteiger partial charge in [-0.05, 0) is 88.5 Å². The van der Waals surface area contributed by atoms with Gasteiger partial charge in [-0.2, -0.15) is 0 Å². The highest BCUT2D eigenvalue weighted by Crippen LogP contribution is 2.22. The first-order valence-corrected chi connectivity index (χ1v) is 17.1. The molecule has 0 saturated heterocycles. The first kappa shape index (κ1) is 38.4. The lowest BCUT2D eigenvalue weighted by Crippen LogP contribution is -2.04.